The molecule has 0 spiro atoms. The highest BCUT2D eigenvalue weighted by Gasteiger charge is 2.37. The fraction of sp³-hybridized carbons (Fsp3) is 0.312. The lowest BCUT2D eigenvalue weighted by Crippen LogP contribution is -2.36. The number of hydrogen-bond acceptors (Lipinski definition) is 5. The molecule has 1 heterocycles. The number of nitrogens with zero attached hydrogens (tertiary/aromatic N) is 2. The number of carbonyl (C=O) groups excluding carboxylic acids is 1. The van der Waals surface area contributed by atoms with Crippen LogP contribution in [-0.4, -0.2) is 17.1 Å². The Morgan fingerprint density at radius 2 is 1.59 bits per heavy atom. The Hall–Kier alpha value is -2.69. The predicted molar refractivity (Wildman–Crippen MR) is 83.4 cm³/mol. The zero-order chi connectivity index (χ0) is 20.4. The number of hydrazine groups is 2. The fourth-order valence-electron chi connectivity index (χ4n) is 2.05. The summed E-state index contributed by atoms with van der Waals surface area (Å²) in [6, 6.07) is 1.20. The van der Waals surface area contributed by atoms with Crippen LogP contribution in [0.25, 0.3) is 0 Å². The van der Waals surface area contributed by atoms with E-state index < -0.39 is 29.4 Å². The third-order valence-electron chi connectivity index (χ3n) is 3.17. The molecular weight excluding hydrogens is 380 g/mol. The number of esters is 1. The van der Waals surface area contributed by atoms with Crippen LogP contribution in [0, 0.1) is 0 Å². The summed E-state index contributed by atoms with van der Waals surface area (Å²) in [6.45, 7) is 3.29. The first-order chi connectivity index (χ1) is 12.4. The van der Waals surface area contributed by atoms with Gasteiger partial charge in [-0.05, 0) is 32.0 Å². The van der Waals surface area contributed by atoms with E-state index in [0.717, 1.165) is 16.1 Å². The van der Waals surface area contributed by atoms with E-state index in [2.05, 4.69) is 5.53 Å². The van der Waals surface area contributed by atoms with Crippen molar-refractivity contribution in [3.8, 4) is 0 Å². The zero-order valence-corrected chi connectivity index (χ0v) is 14.1. The summed E-state index contributed by atoms with van der Waals surface area (Å²) in [4.78, 5) is 11.4. The zero-order valence-electron chi connectivity index (χ0n) is 14.1. The Labute approximate surface area is 150 Å². The van der Waals surface area contributed by atoms with E-state index >= 15 is 0 Å². The number of halogens is 6. The van der Waals surface area contributed by atoms with Gasteiger partial charge < -0.3 is 4.74 Å². The Balaban J connectivity index is 2.21. The second-order valence-electron chi connectivity index (χ2n) is 5.74. The van der Waals surface area contributed by atoms with Crippen LogP contribution in [0.2, 0.25) is 0 Å². The molecule has 0 atom stereocenters. The molecule has 1 aliphatic rings. The molecule has 1 N–H and O–H groups in total. The van der Waals surface area contributed by atoms with Crippen molar-refractivity contribution in [1.29, 1.82) is 0 Å². The maximum Gasteiger partial charge on any atom is 0.416 e. The summed E-state index contributed by atoms with van der Waals surface area (Å²) >= 11 is 0. The molecule has 27 heavy (non-hydrogen) atoms. The summed E-state index contributed by atoms with van der Waals surface area (Å²) in [5.74, 6) is -0.655. The lowest BCUT2D eigenvalue weighted by atomic mass is 10.1. The largest absolute Gasteiger partial charge is 0.460 e. The van der Waals surface area contributed by atoms with Crippen molar-refractivity contribution < 1.29 is 35.9 Å². The topological polar surface area (TPSA) is 44.8 Å². The van der Waals surface area contributed by atoms with Crippen molar-refractivity contribution in [1.82, 2.24) is 10.5 Å². The lowest BCUT2D eigenvalue weighted by Gasteiger charge is -2.22. The molecule has 5 nitrogen and oxygen atoms in total. The first-order valence-electron chi connectivity index (χ1n) is 7.57. The predicted octanol–water partition coefficient (Wildman–Crippen LogP) is 4.20. The number of nitrogens with one attached hydrogen (secondary N) is 1. The average Bonchev–Trinajstić information content (AvgIpc) is 2.99. The molecule has 148 valence electrons. The van der Waals surface area contributed by atoms with Gasteiger partial charge in [-0.3, -0.25) is 10.0 Å². The van der Waals surface area contributed by atoms with E-state index in [0.29, 0.717) is 12.1 Å². The SMILES string of the molecule is CC(C)OC(=O)/C=C\N1C=CN(c2cc(C(F)(F)F)cc(C(F)(F)F)c2)N1. The monoisotopic (exact) mass is 395 g/mol. The van der Waals surface area contributed by atoms with Crippen molar-refractivity contribution in [3.63, 3.8) is 0 Å². The highest BCUT2D eigenvalue weighted by Crippen LogP contribution is 2.38. The molecule has 0 radical (unpaired) electrons. The molecule has 0 unspecified atom stereocenters. The van der Waals surface area contributed by atoms with Crippen LogP contribution in [0.1, 0.15) is 25.0 Å². The van der Waals surface area contributed by atoms with E-state index in [1.165, 1.54) is 18.6 Å². The molecule has 0 amide bonds. The van der Waals surface area contributed by atoms with E-state index in [1.54, 1.807) is 13.8 Å². The van der Waals surface area contributed by atoms with E-state index in [4.69, 9.17) is 4.74 Å². The molecule has 0 saturated carbocycles. The normalized spacial score (nSPS) is 15.3. The van der Waals surface area contributed by atoms with E-state index in [1.807, 2.05) is 0 Å². The number of rotatable bonds is 4. The van der Waals surface area contributed by atoms with Gasteiger partial charge >= 0.3 is 18.3 Å². The second kappa shape index (κ2) is 7.51. The highest BCUT2D eigenvalue weighted by atomic mass is 19.4. The molecule has 1 aromatic carbocycles. The van der Waals surface area contributed by atoms with Crippen LogP contribution in [-0.2, 0) is 21.9 Å². The molecule has 0 aliphatic carbocycles. The van der Waals surface area contributed by atoms with Gasteiger partial charge in [0, 0.05) is 24.7 Å². The molecule has 2 rings (SSSR count). The molecule has 1 aromatic rings. The van der Waals surface area contributed by atoms with Gasteiger partial charge in [0.1, 0.15) is 0 Å². The fourth-order valence-corrected chi connectivity index (χ4v) is 2.05. The Morgan fingerprint density at radius 1 is 1.04 bits per heavy atom. The maximum absolute atomic E-state index is 12.9. The first-order valence-corrected chi connectivity index (χ1v) is 7.57. The maximum atomic E-state index is 12.9. The van der Waals surface area contributed by atoms with Gasteiger partial charge in [0.05, 0.1) is 22.9 Å². The standard InChI is InChI=1S/C16H15F6N3O2/c1-10(2)27-14(26)3-4-24-5-6-25(23-24)13-8-11(15(17,18)19)7-12(9-13)16(20,21)22/h3-10,23H,1-2H3/b4-3-. The van der Waals surface area contributed by atoms with Crippen molar-refractivity contribution in [2.75, 3.05) is 5.01 Å². The number of alkyl halides is 6. The van der Waals surface area contributed by atoms with Crippen LogP contribution >= 0.6 is 0 Å². The number of carbonyl (C=O) groups is 1. The van der Waals surface area contributed by atoms with Crippen LogP contribution in [0.3, 0.4) is 0 Å². The molecule has 0 fully saturated rings. The molecule has 11 heteroatoms. The second-order valence-corrected chi connectivity index (χ2v) is 5.74. The third kappa shape index (κ3) is 5.64. The van der Waals surface area contributed by atoms with Crippen LogP contribution in [0.15, 0.2) is 42.9 Å². The Morgan fingerprint density at radius 3 is 2.07 bits per heavy atom. The summed E-state index contributed by atoms with van der Waals surface area (Å²) in [6.07, 6.45) is -5.47. The van der Waals surface area contributed by atoms with Gasteiger partial charge in [-0.2, -0.15) is 26.3 Å². The minimum absolute atomic E-state index is 0.0445. The number of hydrogen-bond donors (Lipinski definition) is 1. The average molecular weight is 395 g/mol. The minimum atomic E-state index is -4.94. The van der Waals surface area contributed by atoms with Gasteiger partial charge in [0.2, 0.25) is 0 Å². The van der Waals surface area contributed by atoms with Crippen LogP contribution in [0.5, 0.6) is 0 Å². The first kappa shape index (κ1) is 20.6. The highest BCUT2D eigenvalue weighted by molar-refractivity contribution is 5.81. The van der Waals surface area contributed by atoms with Crippen LogP contribution in [0.4, 0.5) is 32.0 Å². The number of benzene rings is 1. The number of ether oxygens (including phenoxy) is 1. The molecule has 1 aliphatic heterocycles. The van der Waals surface area contributed by atoms with Gasteiger partial charge in [0.15, 0.2) is 0 Å². The van der Waals surface area contributed by atoms with Gasteiger partial charge in [-0.1, -0.05) is 0 Å². The minimum Gasteiger partial charge on any atom is -0.460 e. The van der Waals surface area contributed by atoms with Gasteiger partial charge in [-0.25, -0.2) is 4.79 Å². The summed E-state index contributed by atoms with van der Waals surface area (Å²) in [5.41, 5.74) is -0.748. The Bertz CT molecular complexity index is 723. The van der Waals surface area contributed by atoms with Gasteiger partial charge in [0.25, 0.3) is 0 Å². The summed E-state index contributed by atoms with van der Waals surface area (Å²) in [7, 11) is 0. The van der Waals surface area contributed by atoms with Crippen molar-refractivity contribution >= 4 is 11.7 Å². The molecule has 0 saturated heterocycles. The van der Waals surface area contributed by atoms with Crippen molar-refractivity contribution in [2.45, 2.75) is 32.3 Å². The molecular formula is C16H15F6N3O2. The smallest absolute Gasteiger partial charge is 0.416 e. The number of anilines is 1. The van der Waals surface area contributed by atoms with Crippen molar-refractivity contribution in [3.05, 3.63) is 54.0 Å². The van der Waals surface area contributed by atoms with E-state index in [-0.39, 0.29) is 17.9 Å². The third-order valence-corrected chi connectivity index (χ3v) is 3.17. The Kier molecular flexibility index (Phi) is 5.73. The lowest BCUT2D eigenvalue weighted by molar-refractivity contribution is -0.143. The molecule has 0 aromatic heterocycles. The quantitative estimate of drug-likeness (QED) is 0.470. The molecule has 0 bridgehead atoms. The summed E-state index contributed by atoms with van der Waals surface area (Å²) < 4.78 is 82.4. The van der Waals surface area contributed by atoms with Crippen molar-refractivity contribution in [2.24, 2.45) is 0 Å². The summed E-state index contributed by atoms with van der Waals surface area (Å²) in [5, 5.41) is 2.11. The van der Waals surface area contributed by atoms with E-state index in [9.17, 15) is 31.1 Å². The van der Waals surface area contributed by atoms with Gasteiger partial charge in [-0.15, -0.1) is 5.53 Å². The van der Waals surface area contributed by atoms with Crippen LogP contribution < -0.4 is 10.5 Å².